The third-order valence-electron chi connectivity index (χ3n) is 4.60. The lowest BCUT2D eigenvalue weighted by atomic mass is 10.0. The number of benzene rings is 1. The van der Waals surface area contributed by atoms with E-state index in [1.807, 2.05) is 18.2 Å². The summed E-state index contributed by atoms with van der Waals surface area (Å²) in [5.74, 6) is 0.758. The maximum atomic E-state index is 12.7. The molecule has 1 spiro atoms. The fourth-order valence-corrected chi connectivity index (χ4v) is 2.86. The van der Waals surface area contributed by atoms with Crippen LogP contribution < -0.4 is 5.32 Å². The van der Waals surface area contributed by atoms with Crippen LogP contribution in [0.1, 0.15) is 45.3 Å². The predicted octanol–water partition coefficient (Wildman–Crippen LogP) is 2.69. The second kappa shape index (κ2) is 4.34. The van der Waals surface area contributed by atoms with Crippen molar-refractivity contribution in [2.24, 2.45) is 5.92 Å². The zero-order valence-electron chi connectivity index (χ0n) is 11.9. The summed E-state index contributed by atoms with van der Waals surface area (Å²) in [6, 6.07) is 10.6. The first kappa shape index (κ1) is 12.7. The van der Waals surface area contributed by atoms with Crippen molar-refractivity contribution in [2.45, 2.75) is 51.4 Å². The van der Waals surface area contributed by atoms with Crippen molar-refractivity contribution in [1.82, 2.24) is 10.2 Å². The lowest BCUT2D eigenvalue weighted by Crippen LogP contribution is -2.41. The molecule has 1 saturated carbocycles. The van der Waals surface area contributed by atoms with Gasteiger partial charge in [-0.1, -0.05) is 44.2 Å². The first-order chi connectivity index (χ1) is 9.05. The highest BCUT2D eigenvalue weighted by Gasteiger charge is 2.60. The van der Waals surface area contributed by atoms with Gasteiger partial charge in [-0.3, -0.25) is 10.1 Å². The number of carbonyl (C=O) groups is 1. The maximum Gasteiger partial charge on any atom is 0.244 e. The quantitative estimate of drug-likeness (QED) is 0.904. The lowest BCUT2D eigenvalue weighted by Gasteiger charge is -2.33. The zero-order chi connectivity index (χ0) is 13.6. The fourth-order valence-electron chi connectivity index (χ4n) is 2.86. The largest absolute Gasteiger partial charge is 0.318 e. The summed E-state index contributed by atoms with van der Waals surface area (Å²) >= 11 is 0. The normalized spacial score (nSPS) is 26.2. The Morgan fingerprint density at radius 1 is 1.21 bits per heavy atom. The Hall–Kier alpha value is -1.35. The van der Waals surface area contributed by atoms with E-state index in [2.05, 4.69) is 43.1 Å². The summed E-state index contributed by atoms with van der Waals surface area (Å²) in [6.45, 7) is 6.51. The van der Waals surface area contributed by atoms with Gasteiger partial charge in [0, 0.05) is 6.04 Å². The Bertz CT molecular complexity index is 479. The molecule has 3 heteroatoms. The smallest absolute Gasteiger partial charge is 0.244 e. The summed E-state index contributed by atoms with van der Waals surface area (Å²) in [6.07, 6.45) is 2.00. The molecule has 1 saturated heterocycles. The maximum absolute atomic E-state index is 12.7. The topological polar surface area (TPSA) is 32.3 Å². The molecule has 1 aliphatic carbocycles. The molecule has 1 N–H and O–H groups in total. The molecule has 1 aliphatic heterocycles. The van der Waals surface area contributed by atoms with Crippen molar-refractivity contribution in [3.05, 3.63) is 35.9 Å². The number of hydrogen-bond donors (Lipinski definition) is 1. The highest BCUT2D eigenvalue weighted by atomic mass is 16.2. The van der Waals surface area contributed by atoms with E-state index in [9.17, 15) is 4.79 Å². The standard InChI is InChI=1S/C16H22N2O/c1-11(2)12(3)18-14(13-7-5-4-6-8-13)17-16(9-10-16)15(18)19/h4-8,11-12,14,17H,9-10H2,1-3H3. The first-order valence-corrected chi connectivity index (χ1v) is 7.20. The summed E-state index contributed by atoms with van der Waals surface area (Å²) in [5, 5.41) is 3.57. The fraction of sp³-hybridized carbons (Fsp3) is 0.562. The van der Waals surface area contributed by atoms with E-state index >= 15 is 0 Å². The van der Waals surface area contributed by atoms with Crippen LogP contribution in [0, 0.1) is 5.92 Å². The molecule has 2 atom stereocenters. The Labute approximate surface area is 115 Å². The summed E-state index contributed by atoms with van der Waals surface area (Å²) in [7, 11) is 0. The first-order valence-electron chi connectivity index (χ1n) is 7.20. The van der Waals surface area contributed by atoms with Gasteiger partial charge in [0.1, 0.15) is 11.7 Å². The number of carbonyl (C=O) groups excluding carboxylic acids is 1. The van der Waals surface area contributed by atoms with Crippen molar-refractivity contribution < 1.29 is 4.79 Å². The molecule has 2 unspecified atom stereocenters. The van der Waals surface area contributed by atoms with Gasteiger partial charge >= 0.3 is 0 Å². The molecule has 0 bridgehead atoms. The van der Waals surface area contributed by atoms with Crippen molar-refractivity contribution in [1.29, 1.82) is 0 Å². The number of nitrogens with one attached hydrogen (secondary N) is 1. The highest BCUT2D eigenvalue weighted by molar-refractivity contribution is 5.92. The van der Waals surface area contributed by atoms with Gasteiger partial charge in [0.05, 0.1) is 0 Å². The summed E-state index contributed by atoms with van der Waals surface area (Å²) < 4.78 is 0. The minimum Gasteiger partial charge on any atom is -0.318 e. The van der Waals surface area contributed by atoms with Gasteiger partial charge in [0.15, 0.2) is 0 Å². The SMILES string of the molecule is CC(C)C(C)N1C(=O)C2(CC2)NC1c1ccccc1. The highest BCUT2D eigenvalue weighted by Crippen LogP contribution is 2.47. The van der Waals surface area contributed by atoms with Gasteiger partial charge < -0.3 is 4.90 Å². The van der Waals surface area contributed by atoms with Gasteiger partial charge in [-0.05, 0) is 31.2 Å². The molecule has 19 heavy (non-hydrogen) atoms. The second-order valence-electron chi connectivity index (χ2n) is 6.24. The van der Waals surface area contributed by atoms with Gasteiger partial charge in [-0.25, -0.2) is 0 Å². The third kappa shape index (κ3) is 1.96. The molecule has 3 nitrogen and oxygen atoms in total. The average molecular weight is 258 g/mol. The molecule has 3 rings (SSSR count). The van der Waals surface area contributed by atoms with Crippen LogP contribution in [0.15, 0.2) is 30.3 Å². The van der Waals surface area contributed by atoms with Crippen LogP contribution in [-0.2, 0) is 4.79 Å². The summed E-state index contributed by atoms with van der Waals surface area (Å²) in [5.41, 5.74) is 0.941. The van der Waals surface area contributed by atoms with Gasteiger partial charge in [0.25, 0.3) is 0 Å². The molecule has 1 amide bonds. The van der Waals surface area contributed by atoms with E-state index in [0.29, 0.717) is 11.8 Å². The Morgan fingerprint density at radius 2 is 1.84 bits per heavy atom. The van der Waals surface area contributed by atoms with Crippen molar-refractivity contribution >= 4 is 5.91 Å². The Morgan fingerprint density at radius 3 is 2.37 bits per heavy atom. The molecule has 0 radical (unpaired) electrons. The van der Waals surface area contributed by atoms with Crippen LogP contribution in [0.3, 0.4) is 0 Å². The molecular formula is C16H22N2O. The van der Waals surface area contributed by atoms with E-state index in [-0.39, 0.29) is 17.7 Å². The molecule has 102 valence electrons. The number of hydrogen-bond acceptors (Lipinski definition) is 2. The van der Waals surface area contributed by atoms with E-state index < -0.39 is 0 Å². The lowest BCUT2D eigenvalue weighted by molar-refractivity contribution is -0.133. The number of rotatable bonds is 3. The zero-order valence-corrected chi connectivity index (χ0v) is 11.9. The van der Waals surface area contributed by atoms with E-state index in [1.54, 1.807) is 0 Å². The monoisotopic (exact) mass is 258 g/mol. The number of nitrogens with zero attached hydrogens (tertiary/aromatic N) is 1. The van der Waals surface area contributed by atoms with Crippen molar-refractivity contribution in [3.8, 4) is 0 Å². The van der Waals surface area contributed by atoms with Gasteiger partial charge in [-0.15, -0.1) is 0 Å². The Balaban J connectivity index is 1.95. The van der Waals surface area contributed by atoms with Crippen LogP contribution in [0.2, 0.25) is 0 Å². The average Bonchev–Trinajstić information content (AvgIpc) is 3.13. The minimum atomic E-state index is -0.246. The third-order valence-corrected chi connectivity index (χ3v) is 4.60. The van der Waals surface area contributed by atoms with Crippen molar-refractivity contribution in [3.63, 3.8) is 0 Å². The van der Waals surface area contributed by atoms with Crippen LogP contribution in [-0.4, -0.2) is 22.4 Å². The summed E-state index contributed by atoms with van der Waals surface area (Å²) in [4.78, 5) is 14.7. The second-order valence-corrected chi connectivity index (χ2v) is 6.24. The molecule has 1 aromatic carbocycles. The minimum absolute atomic E-state index is 0.0357. The van der Waals surface area contributed by atoms with E-state index in [1.165, 1.54) is 5.56 Å². The number of amides is 1. The van der Waals surface area contributed by atoms with E-state index in [0.717, 1.165) is 12.8 Å². The molecule has 0 aromatic heterocycles. The molecule has 2 aliphatic rings. The molecular weight excluding hydrogens is 236 g/mol. The molecule has 1 heterocycles. The predicted molar refractivity (Wildman–Crippen MR) is 75.4 cm³/mol. The van der Waals surface area contributed by atoms with Crippen LogP contribution in [0.4, 0.5) is 0 Å². The van der Waals surface area contributed by atoms with E-state index in [4.69, 9.17) is 0 Å². The van der Waals surface area contributed by atoms with Crippen LogP contribution in [0.25, 0.3) is 0 Å². The molecule has 2 fully saturated rings. The van der Waals surface area contributed by atoms with Crippen LogP contribution >= 0.6 is 0 Å². The van der Waals surface area contributed by atoms with Gasteiger partial charge in [-0.2, -0.15) is 0 Å². The van der Waals surface area contributed by atoms with Gasteiger partial charge in [0.2, 0.25) is 5.91 Å². The van der Waals surface area contributed by atoms with Crippen LogP contribution in [0.5, 0.6) is 0 Å². The Kier molecular flexibility index (Phi) is 2.90. The van der Waals surface area contributed by atoms with Crippen molar-refractivity contribution in [2.75, 3.05) is 0 Å². The molecule has 1 aromatic rings.